The second-order valence-electron chi connectivity index (χ2n) is 14.8. The first-order valence-electron chi connectivity index (χ1n) is 21.9. The summed E-state index contributed by atoms with van der Waals surface area (Å²) in [5.41, 5.74) is 3.95. The van der Waals surface area contributed by atoms with Gasteiger partial charge < -0.3 is 4.57 Å². The lowest BCUT2D eigenvalue weighted by Gasteiger charge is -2.13. The minimum Gasteiger partial charge on any atom is -0.309 e. The molecule has 0 amide bonds. The molecule has 0 bridgehead atoms. The largest absolute Gasteiger partial charge is 0.309 e. The highest BCUT2D eigenvalue weighted by atomic mass is 32.1. The van der Waals surface area contributed by atoms with Crippen LogP contribution in [0.3, 0.4) is 0 Å². The molecule has 0 saturated carbocycles. The lowest BCUT2D eigenvalue weighted by molar-refractivity contribution is 1.08. The van der Waals surface area contributed by atoms with E-state index in [9.17, 15) is 0 Å². The highest BCUT2D eigenvalue weighted by Crippen LogP contribution is 2.46. The van der Waals surface area contributed by atoms with Crippen LogP contribution < -0.4 is 0 Å². The van der Waals surface area contributed by atoms with E-state index in [2.05, 4.69) is 109 Å². The second kappa shape index (κ2) is 12.6. The fourth-order valence-electron chi connectivity index (χ4n) is 8.92. The molecule has 59 heavy (non-hydrogen) atoms. The molecule has 274 valence electrons. The predicted octanol–water partition coefficient (Wildman–Crippen LogP) is 15.0. The van der Waals surface area contributed by atoms with Gasteiger partial charge in [-0.15, -0.1) is 22.7 Å². The molecular formula is C53H30N4S2. The van der Waals surface area contributed by atoms with Crippen molar-refractivity contribution in [3.63, 3.8) is 0 Å². The van der Waals surface area contributed by atoms with Crippen LogP contribution in [0, 0.1) is 0 Å². The number of aromatic nitrogens is 4. The summed E-state index contributed by atoms with van der Waals surface area (Å²) in [5, 5.41) is 10.7. The lowest BCUT2D eigenvalue weighted by atomic mass is 9.98. The Hall–Kier alpha value is -7.25. The van der Waals surface area contributed by atoms with Crippen molar-refractivity contribution in [1.82, 2.24) is 19.5 Å². The van der Waals surface area contributed by atoms with Gasteiger partial charge in [0.25, 0.3) is 0 Å². The van der Waals surface area contributed by atoms with Gasteiger partial charge in [-0.1, -0.05) is 133 Å². The fraction of sp³-hybridized carbons (Fsp3) is 0. The van der Waals surface area contributed by atoms with Gasteiger partial charge in [0.2, 0.25) is 0 Å². The molecule has 4 nitrogen and oxygen atoms in total. The van der Waals surface area contributed by atoms with E-state index in [0.29, 0.717) is 28.6 Å². The number of rotatable bonds is 4. The van der Waals surface area contributed by atoms with Gasteiger partial charge in [0, 0.05) is 73.5 Å². The number of para-hydroxylation sites is 2. The molecule has 4 heterocycles. The molecule has 0 fully saturated rings. The van der Waals surface area contributed by atoms with Crippen LogP contribution in [0.25, 0.3) is 124 Å². The molecule has 13 rings (SSSR count). The van der Waals surface area contributed by atoms with Crippen LogP contribution in [0.1, 0.15) is 6.85 Å². The zero-order chi connectivity index (χ0) is 43.0. The maximum atomic E-state index is 9.04. The first kappa shape index (κ1) is 28.2. The molecule has 0 radical (unpaired) electrons. The summed E-state index contributed by atoms with van der Waals surface area (Å²) in [6, 6.07) is 50.3. The molecule has 6 heteroatoms. The number of hydrogen-bond donors (Lipinski definition) is 0. The van der Waals surface area contributed by atoms with Gasteiger partial charge in [-0.25, -0.2) is 15.0 Å². The number of benzene rings is 9. The van der Waals surface area contributed by atoms with E-state index >= 15 is 0 Å². The van der Waals surface area contributed by atoms with Crippen LogP contribution in [0.4, 0.5) is 0 Å². The topological polar surface area (TPSA) is 43.6 Å². The van der Waals surface area contributed by atoms with E-state index < -0.39 is 18.1 Å². The molecule has 4 aromatic heterocycles. The SMILES string of the molecule is [2H]c1c([2H])c([2H])c(-n2c3ccccc3c3ccc(-c4nc(-c5cc6ccccc6c6sc7ccccc7c56)nc(-c5cc6ccccc6c6sc7ccccc7c56)n4)cc32)c([2H])c1[2H]. The van der Waals surface area contributed by atoms with Crippen molar-refractivity contribution in [1.29, 1.82) is 0 Å². The van der Waals surface area contributed by atoms with Gasteiger partial charge in [0.05, 0.1) is 17.9 Å². The smallest absolute Gasteiger partial charge is 0.164 e. The van der Waals surface area contributed by atoms with E-state index in [-0.39, 0.29) is 17.8 Å². The fourth-order valence-corrected chi connectivity index (χ4v) is 11.5. The average Bonchev–Trinajstić information content (AvgIpc) is 4.03. The Bertz CT molecular complexity index is 3970. The number of hydrogen-bond acceptors (Lipinski definition) is 5. The van der Waals surface area contributed by atoms with Crippen LogP contribution in [-0.2, 0) is 0 Å². The lowest BCUT2D eigenvalue weighted by Crippen LogP contribution is -2.01. The normalized spacial score (nSPS) is 13.3. The first-order valence-corrected chi connectivity index (χ1v) is 21.0. The van der Waals surface area contributed by atoms with Gasteiger partial charge in [0.1, 0.15) is 0 Å². The van der Waals surface area contributed by atoms with Crippen molar-refractivity contribution >= 4 is 106 Å². The molecule has 0 N–H and O–H groups in total. The van der Waals surface area contributed by atoms with E-state index in [1.165, 1.54) is 29.6 Å². The van der Waals surface area contributed by atoms with Crippen LogP contribution in [0.15, 0.2) is 182 Å². The van der Waals surface area contributed by atoms with E-state index in [1.54, 1.807) is 27.2 Å². The Balaban J connectivity index is 1.16. The van der Waals surface area contributed by atoms with Gasteiger partial charge in [-0.3, -0.25) is 0 Å². The summed E-state index contributed by atoms with van der Waals surface area (Å²) in [5.74, 6) is 1.51. The van der Waals surface area contributed by atoms with Crippen LogP contribution in [-0.4, -0.2) is 19.5 Å². The van der Waals surface area contributed by atoms with E-state index in [1.807, 2.05) is 42.5 Å². The summed E-state index contributed by atoms with van der Waals surface area (Å²) >= 11 is 3.55. The summed E-state index contributed by atoms with van der Waals surface area (Å²) in [7, 11) is 0. The van der Waals surface area contributed by atoms with Gasteiger partial charge in [0.15, 0.2) is 17.5 Å². The van der Waals surface area contributed by atoms with Crippen LogP contribution in [0.2, 0.25) is 0 Å². The molecular weight excluding hydrogens is 757 g/mol. The highest BCUT2D eigenvalue weighted by molar-refractivity contribution is 7.27. The Morgan fingerprint density at radius 1 is 0.424 bits per heavy atom. The predicted molar refractivity (Wildman–Crippen MR) is 251 cm³/mol. The minimum absolute atomic E-state index is 0.0807. The molecule has 0 atom stereocenters. The van der Waals surface area contributed by atoms with Gasteiger partial charge in [-0.2, -0.15) is 0 Å². The zero-order valence-electron chi connectivity index (χ0n) is 36.0. The van der Waals surface area contributed by atoms with E-state index in [0.717, 1.165) is 59.7 Å². The number of nitrogens with zero attached hydrogens (tertiary/aromatic N) is 4. The van der Waals surface area contributed by atoms with E-state index in [4.69, 9.17) is 21.8 Å². The summed E-state index contributed by atoms with van der Waals surface area (Å²) < 4.78 is 50.1. The standard InChI is InChI=1S/C53H30N4S2/c1-2-16-34(17-3-1)57-43-23-11-8-20-37(43)38-27-26-33(30-44(38)57)51-54-52(41-28-31-14-4-6-18-35(31)49-47(41)39-21-9-12-24-45(39)58-49)56-53(55-51)42-29-32-15-5-7-19-36(32)50-48(42)40-22-10-13-25-46(40)59-50/h1-30H/i1D,2D,3D,16D,17D. The summed E-state index contributed by atoms with van der Waals surface area (Å²) in [4.78, 5) is 16.3. The quantitative estimate of drug-likeness (QED) is 0.178. The summed E-state index contributed by atoms with van der Waals surface area (Å²) in [6.07, 6.45) is 0. The van der Waals surface area contributed by atoms with Crippen molar-refractivity contribution in [3.8, 4) is 39.9 Å². The van der Waals surface area contributed by atoms with Crippen molar-refractivity contribution in [2.45, 2.75) is 0 Å². The molecule has 0 aliphatic carbocycles. The third-order valence-corrected chi connectivity index (χ3v) is 13.9. The van der Waals surface area contributed by atoms with Crippen LogP contribution in [0.5, 0.6) is 0 Å². The number of fused-ring (bicyclic) bond motifs is 13. The Morgan fingerprint density at radius 2 is 0.915 bits per heavy atom. The number of thiophene rings is 2. The average molecular weight is 792 g/mol. The molecule has 0 spiro atoms. The zero-order valence-corrected chi connectivity index (χ0v) is 32.7. The summed E-state index contributed by atoms with van der Waals surface area (Å²) in [6.45, 7) is 0. The Morgan fingerprint density at radius 3 is 1.53 bits per heavy atom. The van der Waals surface area contributed by atoms with Crippen molar-refractivity contribution < 1.29 is 6.85 Å². The second-order valence-corrected chi connectivity index (χ2v) is 16.9. The first-order chi connectivity index (χ1) is 31.3. The van der Waals surface area contributed by atoms with Crippen molar-refractivity contribution in [2.24, 2.45) is 0 Å². The molecule has 0 saturated heterocycles. The Kier molecular flexibility index (Phi) is 6.03. The monoisotopic (exact) mass is 791 g/mol. The van der Waals surface area contributed by atoms with Crippen molar-refractivity contribution in [3.05, 3.63) is 182 Å². The molecule has 13 aromatic rings. The van der Waals surface area contributed by atoms with Gasteiger partial charge in [-0.05, 0) is 70.0 Å². The molecule has 0 aliphatic rings. The maximum Gasteiger partial charge on any atom is 0.164 e. The van der Waals surface area contributed by atoms with Gasteiger partial charge >= 0.3 is 0 Å². The highest BCUT2D eigenvalue weighted by Gasteiger charge is 2.23. The minimum atomic E-state index is -0.437. The maximum absolute atomic E-state index is 9.04. The molecule has 0 aliphatic heterocycles. The Labute approximate surface area is 352 Å². The van der Waals surface area contributed by atoms with Crippen LogP contribution >= 0.6 is 22.7 Å². The van der Waals surface area contributed by atoms with Crippen molar-refractivity contribution in [2.75, 3.05) is 0 Å². The third-order valence-electron chi connectivity index (χ3n) is 11.5. The molecule has 0 unspecified atom stereocenters. The molecule has 9 aromatic carbocycles. The third kappa shape index (κ3) is 4.91.